The van der Waals surface area contributed by atoms with Crippen molar-refractivity contribution < 1.29 is 19.1 Å². The van der Waals surface area contributed by atoms with Gasteiger partial charge in [0.2, 0.25) is 5.91 Å². The minimum Gasteiger partial charge on any atom is -0.466 e. The number of piperazine rings is 1. The Balaban J connectivity index is 1.63. The van der Waals surface area contributed by atoms with E-state index in [2.05, 4.69) is 4.90 Å². The average molecular weight is 298 g/mol. The van der Waals surface area contributed by atoms with Gasteiger partial charge in [0.05, 0.1) is 19.1 Å². The molecule has 2 fully saturated rings. The maximum absolute atomic E-state index is 12.0. The van der Waals surface area contributed by atoms with Crippen LogP contribution in [-0.2, 0) is 19.1 Å². The maximum Gasteiger partial charge on any atom is 0.306 e. The molecule has 0 bridgehead atoms. The first-order chi connectivity index (χ1) is 10.2. The van der Waals surface area contributed by atoms with Crippen LogP contribution in [0.5, 0.6) is 0 Å². The molecule has 1 amide bonds. The Morgan fingerprint density at radius 3 is 2.57 bits per heavy atom. The molecule has 0 aromatic carbocycles. The van der Waals surface area contributed by atoms with Gasteiger partial charge in [-0.25, -0.2) is 0 Å². The minimum absolute atomic E-state index is 0.0554. The molecule has 2 rings (SSSR count). The van der Waals surface area contributed by atoms with Gasteiger partial charge in [0.25, 0.3) is 0 Å². The van der Waals surface area contributed by atoms with Crippen molar-refractivity contribution in [3.05, 3.63) is 0 Å². The number of rotatable bonds is 6. The van der Waals surface area contributed by atoms with Crippen LogP contribution in [0.3, 0.4) is 0 Å². The summed E-state index contributed by atoms with van der Waals surface area (Å²) in [6, 6.07) is 0. The van der Waals surface area contributed by atoms with Gasteiger partial charge in [0, 0.05) is 45.8 Å². The van der Waals surface area contributed by atoms with Crippen LogP contribution in [0, 0.1) is 0 Å². The second-order valence-electron chi connectivity index (χ2n) is 5.62. The fourth-order valence-electron chi connectivity index (χ4n) is 2.86. The van der Waals surface area contributed by atoms with Gasteiger partial charge in [-0.15, -0.1) is 0 Å². The first kappa shape index (κ1) is 16.2. The van der Waals surface area contributed by atoms with Crippen LogP contribution in [0.15, 0.2) is 0 Å². The number of ether oxygens (including phenoxy) is 2. The summed E-state index contributed by atoms with van der Waals surface area (Å²) in [4.78, 5) is 27.5. The van der Waals surface area contributed by atoms with E-state index in [1.807, 2.05) is 4.90 Å². The molecule has 2 heterocycles. The largest absolute Gasteiger partial charge is 0.466 e. The van der Waals surface area contributed by atoms with Crippen molar-refractivity contribution in [1.29, 1.82) is 0 Å². The fraction of sp³-hybridized carbons (Fsp3) is 0.867. The monoisotopic (exact) mass is 298 g/mol. The Hall–Kier alpha value is -1.14. The third-order valence-corrected chi connectivity index (χ3v) is 4.06. The molecule has 1 unspecified atom stereocenters. The SMILES string of the molecule is CCOC(=O)CCC(=O)N1CCN(CC2CCCO2)CC1. The van der Waals surface area contributed by atoms with E-state index < -0.39 is 0 Å². The summed E-state index contributed by atoms with van der Waals surface area (Å²) in [7, 11) is 0. The molecule has 0 radical (unpaired) electrons. The standard InChI is InChI=1S/C15H26N2O4/c1-2-20-15(19)6-5-14(18)17-9-7-16(8-10-17)12-13-4-3-11-21-13/h13H,2-12H2,1H3. The van der Waals surface area contributed by atoms with Gasteiger partial charge in [-0.05, 0) is 19.8 Å². The summed E-state index contributed by atoms with van der Waals surface area (Å²) in [6.07, 6.45) is 3.12. The molecule has 6 heteroatoms. The average Bonchev–Trinajstić information content (AvgIpc) is 2.99. The predicted molar refractivity (Wildman–Crippen MR) is 77.9 cm³/mol. The highest BCUT2D eigenvalue weighted by Crippen LogP contribution is 2.14. The highest BCUT2D eigenvalue weighted by molar-refractivity contribution is 5.81. The lowest BCUT2D eigenvalue weighted by molar-refractivity contribution is -0.146. The molecule has 2 aliphatic rings. The van der Waals surface area contributed by atoms with Crippen LogP contribution in [-0.4, -0.2) is 73.7 Å². The Labute approximate surface area is 126 Å². The Bertz CT molecular complexity index is 348. The van der Waals surface area contributed by atoms with Crippen LogP contribution in [0.2, 0.25) is 0 Å². The summed E-state index contributed by atoms with van der Waals surface area (Å²) in [5.41, 5.74) is 0. The molecule has 6 nitrogen and oxygen atoms in total. The molecular formula is C15H26N2O4. The van der Waals surface area contributed by atoms with Crippen LogP contribution in [0.1, 0.15) is 32.6 Å². The van der Waals surface area contributed by atoms with Crippen molar-refractivity contribution in [2.24, 2.45) is 0 Å². The van der Waals surface area contributed by atoms with Gasteiger partial charge in [0.1, 0.15) is 0 Å². The summed E-state index contributed by atoms with van der Waals surface area (Å²) in [5.74, 6) is -0.234. The van der Waals surface area contributed by atoms with Gasteiger partial charge < -0.3 is 14.4 Å². The molecule has 0 spiro atoms. The van der Waals surface area contributed by atoms with Crippen LogP contribution in [0.4, 0.5) is 0 Å². The molecule has 1 atom stereocenters. The molecule has 0 aromatic heterocycles. The number of nitrogens with zero attached hydrogens (tertiary/aromatic N) is 2. The van der Waals surface area contributed by atoms with Crippen LogP contribution < -0.4 is 0 Å². The third kappa shape index (κ3) is 5.28. The lowest BCUT2D eigenvalue weighted by atomic mass is 10.2. The number of esters is 1. The highest BCUT2D eigenvalue weighted by atomic mass is 16.5. The molecule has 2 saturated heterocycles. The fourth-order valence-corrected chi connectivity index (χ4v) is 2.86. The Morgan fingerprint density at radius 1 is 1.19 bits per heavy atom. The number of amides is 1. The van der Waals surface area contributed by atoms with Crippen molar-refractivity contribution >= 4 is 11.9 Å². The van der Waals surface area contributed by atoms with Gasteiger partial charge in [-0.1, -0.05) is 0 Å². The van der Waals surface area contributed by atoms with Gasteiger partial charge in [0.15, 0.2) is 0 Å². The molecule has 21 heavy (non-hydrogen) atoms. The summed E-state index contributed by atoms with van der Waals surface area (Å²) >= 11 is 0. The van der Waals surface area contributed by atoms with E-state index in [-0.39, 0.29) is 24.7 Å². The zero-order valence-corrected chi connectivity index (χ0v) is 12.9. The highest BCUT2D eigenvalue weighted by Gasteiger charge is 2.25. The van der Waals surface area contributed by atoms with Crippen molar-refractivity contribution in [3.63, 3.8) is 0 Å². The quantitative estimate of drug-likeness (QED) is 0.674. The Morgan fingerprint density at radius 2 is 1.95 bits per heavy atom. The van der Waals surface area contributed by atoms with Crippen LogP contribution >= 0.6 is 0 Å². The number of carbonyl (C=O) groups is 2. The number of hydrogen-bond acceptors (Lipinski definition) is 5. The molecule has 0 aromatic rings. The summed E-state index contributed by atoms with van der Waals surface area (Å²) < 4.78 is 10.5. The second-order valence-corrected chi connectivity index (χ2v) is 5.62. The summed E-state index contributed by atoms with van der Waals surface area (Å²) in [6.45, 7) is 7.28. The summed E-state index contributed by atoms with van der Waals surface area (Å²) in [5, 5.41) is 0. The van der Waals surface area contributed by atoms with E-state index in [1.165, 1.54) is 0 Å². The zero-order valence-electron chi connectivity index (χ0n) is 12.9. The molecule has 0 aliphatic carbocycles. The maximum atomic E-state index is 12.0. The topological polar surface area (TPSA) is 59.1 Å². The molecule has 0 saturated carbocycles. The lowest BCUT2D eigenvalue weighted by Gasteiger charge is -2.35. The molecule has 120 valence electrons. The van der Waals surface area contributed by atoms with Crippen molar-refractivity contribution in [2.45, 2.75) is 38.7 Å². The predicted octanol–water partition coefficient (Wildman–Crippen LogP) is 0.653. The van der Waals surface area contributed by atoms with E-state index in [1.54, 1.807) is 6.92 Å². The molecular weight excluding hydrogens is 272 g/mol. The van der Waals surface area contributed by atoms with Gasteiger partial charge >= 0.3 is 5.97 Å². The normalized spacial score (nSPS) is 23.3. The minimum atomic E-state index is -0.289. The third-order valence-electron chi connectivity index (χ3n) is 4.06. The van der Waals surface area contributed by atoms with Gasteiger partial charge in [-0.3, -0.25) is 14.5 Å². The lowest BCUT2D eigenvalue weighted by Crippen LogP contribution is -2.50. The first-order valence-electron chi connectivity index (χ1n) is 7.96. The van der Waals surface area contributed by atoms with E-state index in [0.29, 0.717) is 12.7 Å². The molecule has 0 N–H and O–H groups in total. The second kappa shape index (κ2) is 8.34. The van der Waals surface area contributed by atoms with Crippen molar-refractivity contribution in [1.82, 2.24) is 9.80 Å². The zero-order chi connectivity index (χ0) is 15.1. The van der Waals surface area contributed by atoms with Crippen molar-refractivity contribution in [2.75, 3.05) is 45.9 Å². The smallest absolute Gasteiger partial charge is 0.306 e. The number of carbonyl (C=O) groups excluding carboxylic acids is 2. The van der Waals surface area contributed by atoms with Crippen molar-refractivity contribution in [3.8, 4) is 0 Å². The van der Waals surface area contributed by atoms with Crippen LogP contribution in [0.25, 0.3) is 0 Å². The number of hydrogen-bond donors (Lipinski definition) is 0. The molecule has 2 aliphatic heterocycles. The first-order valence-corrected chi connectivity index (χ1v) is 7.96. The Kier molecular flexibility index (Phi) is 6.45. The van der Waals surface area contributed by atoms with E-state index in [0.717, 1.165) is 52.2 Å². The van der Waals surface area contributed by atoms with E-state index >= 15 is 0 Å². The van der Waals surface area contributed by atoms with Gasteiger partial charge in [-0.2, -0.15) is 0 Å². The van der Waals surface area contributed by atoms with E-state index in [4.69, 9.17) is 9.47 Å². The van der Waals surface area contributed by atoms with E-state index in [9.17, 15) is 9.59 Å².